The standard InChI is InChI=1S/C43H76O11/c1-3-5-7-9-11-13-15-17-19-21-23-25-27-29-31-36(44)51-33-35(34-52-43-40(48)38(46)39(47)41(54-43)42(49)50)53-37(45)32-30-28-26-24-22-20-18-16-14-12-10-8-6-4-2/h15-18,35,38-41,43,46-48H,3-14,19-34H2,1-2H3,(H,49,50)/b17-15-,18-16-. The van der Waals surface area contributed by atoms with E-state index in [9.17, 15) is 34.8 Å². The minimum Gasteiger partial charge on any atom is -0.479 e. The molecule has 0 aromatic carbocycles. The molecule has 6 atom stereocenters. The number of aliphatic hydroxyl groups is 3. The van der Waals surface area contributed by atoms with Gasteiger partial charge in [-0.1, -0.05) is 128 Å². The molecule has 0 saturated carbocycles. The second-order valence-electron chi connectivity index (χ2n) is 14.8. The van der Waals surface area contributed by atoms with Crippen molar-refractivity contribution in [1.82, 2.24) is 0 Å². The third-order valence-electron chi connectivity index (χ3n) is 9.77. The highest BCUT2D eigenvalue weighted by Gasteiger charge is 2.47. The molecule has 0 aromatic heterocycles. The molecule has 0 aromatic rings. The summed E-state index contributed by atoms with van der Waals surface area (Å²) in [6, 6.07) is 0. The van der Waals surface area contributed by atoms with Gasteiger partial charge in [0.2, 0.25) is 0 Å². The lowest BCUT2D eigenvalue weighted by atomic mass is 9.99. The van der Waals surface area contributed by atoms with Gasteiger partial charge in [-0.25, -0.2) is 4.79 Å². The van der Waals surface area contributed by atoms with Crippen LogP contribution in [0.4, 0.5) is 0 Å². The predicted molar refractivity (Wildman–Crippen MR) is 211 cm³/mol. The van der Waals surface area contributed by atoms with Crippen molar-refractivity contribution in [2.75, 3.05) is 13.2 Å². The summed E-state index contributed by atoms with van der Waals surface area (Å²) in [6.45, 7) is 3.77. The number of carbonyl (C=O) groups excluding carboxylic acids is 2. The number of aliphatic carboxylic acids is 1. The van der Waals surface area contributed by atoms with E-state index in [2.05, 4.69) is 38.2 Å². The number of carboxylic acid groups (broad SMARTS) is 1. The fourth-order valence-electron chi connectivity index (χ4n) is 6.34. The number of carboxylic acids is 1. The summed E-state index contributed by atoms with van der Waals surface area (Å²) < 4.78 is 21.7. The van der Waals surface area contributed by atoms with Crippen LogP contribution in [0, 0.1) is 0 Å². The van der Waals surface area contributed by atoms with Crippen LogP contribution >= 0.6 is 0 Å². The van der Waals surface area contributed by atoms with Crippen LogP contribution < -0.4 is 0 Å². The molecule has 1 aliphatic heterocycles. The second kappa shape index (κ2) is 34.0. The minimum atomic E-state index is -1.86. The van der Waals surface area contributed by atoms with Gasteiger partial charge in [-0.15, -0.1) is 0 Å². The zero-order valence-electron chi connectivity index (χ0n) is 33.7. The largest absolute Gasteiger partial charge is 0.479 e. The maximum Gasteiger partial charge on any atom is 0.335 e. The Labute approximate surface area is 326 Å². The van der Waals surface area contributed by atoms with Gasteiger partial charge in [-0.2, -0.15) is 0 Å². The van der Waals surface area contributed by atoms with Crippen molar-refractivity contribution >= 4 is 17.9 Å². The third-order valence-corrected chi connectivity index (χ3v) is 9.77. The molecule has 1 fully saturated rings. The number of rotatable bonds is 35. The van der Waals surface area contributed by atoms with E-state index in [1.807, 2.05) is 0 Å². The fourth-order valence-corrected chi connectivity index (χ4v) is 6.34. The third kappa shape index (κ3) is 25.7. The molecule has 0 radical (unpaired) electrons. The van der Waals surface area contributed by atoms with Crippen LogP contribution in [0.2, 0.25) is 0 Å². The van der Waals surface area contributed by atoms with Crippen LogP contribution in [0.1, 0.15) is 181 Å². The summed E-state index contributed by atoms with van der Waals surface area (Å²) in [7, 11) is 0. The lowest BCUT2D eigenvalue weighted by Gasteiger charge is -2.38. The quantitative estimate of drug-likeness (QED) is 0.0277. The zero-order valence-corrected chi connectivity index (χ0v) is 33.7. The van der Waals surface area contributed by atoms with Gasteiger partial charge in [0.25, 0.3) is 0 Å². The SMILES string of the molecule is CCCCCCC/C=C\CCCCCCCC(=O)OCC(COC1OC(C(=O)O)C(O)C(O)C1O)OC(=O)CCCCCCC/C=C\CCCCCCC. The van der Waals surface area contributed by atoms with Crippen molar-refractivity contribution in [3.63, 3.8) is 0 Å². The van der Waals surface area contributed by atoms with E-state index in [0.29, 0.717) is 12.8 Å². The summed E-state index contributed by atoms with van der Waals surface area (Å²) in [5, 5.41) is 39.7. The van der Waals surface area contributed by atoms with E-state index in [4.69, 9.17) is 18.9 Å². The van der Waals surface area contributed by atoms with Crippen LogP contribution in [0.3, 0.4) is 0 Å². The number of hydrogen-bond acceptors (Lipinski definition) is 10. The highest BCUT2D eigenvalue weighted by molar-refractivity contribution is 5.73. The first-order valence-electron chi connectivity index (χ1n) is 21.4. The van der Waals surface area contributed by atoms with Gasteiger partial charge in [-0.3, -0.25) is 9.59 Å². The van der Waals surface area contributed by atoms with Crippen LogP contribution in [0.25, 0.3) is 0 Å². The first-order chi connectivity index (χ1) is 26.2. The molecule has 54 heavy (non-hydrogen) atoms. The Bertz CT molecular complexity index is 1000. The predicted octanol–water partition coefficient (Wildman–Crippen LogP) is 8.65. The minimum absolute atomic E-state index is 0.172. The summed E-state index contributed by atoms with van der Waals surface area (Å²) in [5.74, 6) is -2.46. The van der Waals surface area contributed by atoms with Crippen molar-refractivity contribution in [2.45, 2.75) is 218 Å². The van der Waals surface area contributed by atoms with E-state index < -0.39 is 61.3 Å². The topological polar surface area (TPSA) is 169 Å². The molecule has 11 heteroatoms. The molecular formula is C43H76O11. The molecule has 1 saturated heterocycles. The van der Waals surface area contributed by atoms with Crippen molar-refractivity contribution < 1.29 is 53.8 Å². The van der Waals surface area contributed by atoms with E-state index >= 15 is 0 Å². The van der Waals surface area contributed by atoms with Gasteiger partial charge in [-0.05, 0) is 64.2 Å². The highest BCUT2D eigenvalue weighted by atomic mass is 16.7. The van der Waals surface area contributed by atoms with Gasteiger partial charge in [0.05, 0.1) is 6.61 Å². The van der Waals surface area contributed by atoms with E-state index in [1.165, 1.54) is 64.2 Å². The lowest BCUT2D eigenvalue weighted by Crippen LogP contribution is -2.60. The Kier molecular flexibility index (Phi) is 31.3. The number of allylic oxidation sites excluding steroid dienone is 4. The lowest BCUT2D eigenvalue weighted by molar-refractivity contribution is -0.298. The Hall–Kier alpha value is -2.31. The molecule has 1 heterocycles. The molecule has 11 nitrogen and oxygen atoms in total. The molecular weight excluding hydrogens is 692 g/mol. The normalized spacial score (nSPS) is 20.8. The molecule has 1 aliphatic rings. The summed E-state index contributed by atoms with van der Waals surface area (Å²) in [6.07, 6.45) is 26.6. The van der Waals surface area contributed by atoms with Gasteiger partial charge >= 0.3 is 17.9 Å². The number of esters is 2. The maximum absolute atomic E-state index is 12.7. The number of hydrogen-bond donors (Lipinski definition) is 4. The van der Waals surface area contributed by atoms with Gasteiger partial charge < -0.3 is 39.4 Å². The van der Waals surface area contributed by atoms with Crippen LogP contribution in [0.5, 0.6) is 0 Å². The molecule has 0 spiro atoms. The number of unbranched alkanes of at least 4 members (excludes halogenated alkanes) is 20. The molecule has 6 unspecified atom stereocenters. The monoisotopic (exact) mass is 769 g/mol. The van der Waals surface area contributed by atoms with Crippen molar-refractivity contribution in [3.05, 3.63) is 24.3 Å². The fraction of sp³-hybridized carbons (Fsp3) is 0.837. The van der Waals surface area contributed by atoms with Crippen molar-refractivity contribution in [2.24, 2.45) is 0 Å². The zero-order chi connectivity index (χ0) is 39.7. The average molecular weight is 769 g/mol. The van der Waals surface area contributed by atoms with Crippen molar-refractivity contribution in [1.29, 1.82) is 0 Å². The van der Waals surface area contributed by atoms with Crippen LogP contribution in [-0.2, 0) is 33.3 Å². The maximum atomic E-state index is 12.7. The molecule has 1 rings (SSSR count). The van der Waals surface area contributed by atoms with Gasteiger partial charge in [0.1, 0.15) is 24.9 Å². The Morgan fingerprint density at radius 1 is 0.556 bits per heavy atom. The first kappa shape index (κ1) is 49.7. The Morgan fingerprint density at radius 3 is 1.44 bits per heavy atom. The average Bonchev–Trinajstić information content (AvgIpc) is 3.15. The molecule has 0 amide bonds. The smallest absolute Gasteiger partial charge is 0.335 e. The number of carbonyl (C=O) groups is 3. The molecule has 314 valence electrons. The van der Waals surface area contributed by atoms with Crippen molar-refractivity contribution in [3.8, 4) is 0 Å². The second-order valence-corrected chi connectivity index (χ2v) is 14.8. The number of ether oxygens (including phenoxy) is 4. The van der Waals surface area contributed by atoms with E-state index in [-0.39, 0.29) is 19.4 Å². The van der Waals surface area contributed by atoms with Gasteiger partial charge in [0.15, 0.2) is 18.5 Å². The highest BCUT2D eigenvalue weighted by Crippen LogP contribution is 2.23. The van der Waals surface area contributed by atoms with E-state index in [0.717, 1.165) is 77.0 Å². The Morgan fingerprint density at radius 2 is 0.981 bits per heavy atom. The summed E-state index contributed by atoms with van der Waals surface area (Å²) in [5.41, 5.74) is 0. The Balaban J connectivity index is 2.41. The van der Waals surface area contributed by atoms with E-state index in [1.54, 1.807) is 0 Å². The summed E-state index contributed by atoms with van der Waals surface area (Å²) in [4.78, 5) is 36.7. The van der Waals surface area contributed by atoms with Crippen LogP contribution in [-0.4, -0.2) is 88.4 Å². The summed E-state index contributed by atoms with van der Waals surface area (Å²) >= 11 is 0. The first-order valence-corrected chi connectivity index (χ1v) is 21.4. The number of aliphatic hydroxyl groups excluding tert-OH is 3. The van der Waals surface area contributed by atoms with Gasteiger partial charge in [0, 0.05) is 12.8 Å². The molecule has 0 bridgehead atoms. The molecule has 0 aliphatic carbocycles. The molecule has 4 N–H and O–H groups in total. The van der Waals surface area contributed by atoms with Crippen LogP contribution in [0.15, 0.2) is 24.3 Å².